The number of allylic oxidation sites excluding steroid dienone is 1. The average Bonchev–Trinajstić information content (AvgIpc) is 2.90. The molecule has 2 aliphatic rings. The molecule has 1 aliphatic carbocycles. The molecule has 1 aliphatic heterocycles. The van der Waals surface area contributed by atoms with Gasteiger partial charge >= 0.3 is 6.09 Å². The third kappa shape index (κ3) is 4.65. The summed E-state index contributed by atoms with van der Waals surface area (Å²) < 4.78 is 5.29. The number of hydrogen-bond acceptors (Lipinski definition) is 5. The van der Waals surface area contributed by atoms with Gasteiger partial charge in [-0.25, -0.2) is 4.79 Å². The fourth-order valence-electron chi connectivity index (χ4n) is 3.75. The summed E-state index contributed by atoms with van der Waals surface area (Å²) in [5, 5.41) is 11.6. The number of hydrogen-bond donors (Lipinski definition) is 1. The van der Waals surface area contributed by atoms with Gasteiger partial charge in [-0.05, 0) is 51.3 Å². The van der Waals surface area contributed by atoms with Crippen molar-refractivity contribution in [1.82, 2.24) is 10.2 Å². The van der Waals surface area contributed by atoms with Crippen molar-refractivity contribution in [3.8, 4) is 6.07 Å². The van der Waals surface area contributed by atoms with Crippen LogP contribution in [0, 0.1) is 23.2 Å². The maximum Gasteiger partial charge on any atom is 0.408 e. The molecule has 1 fully saturated rings. The molecule has 1 saturated heterocycles. The van der Waals surface area contributed by atoms with Crippen LogP contribution in [0.5, 0.6) is 0 Å². The summed E-state index contributed by atoms with van der Waals surface area (Å²) in [6, 6.07) is 8.57. The molecule has 0 bridgehead atoms. The normalized spacial score (nSPS) is 23.5. The molecule has 29 heavy (non-hydrogen) atoms. The Morgan fingerprint density at radius 1 is 1.24 bits per heavy atom. The summed E-state index contributed by atoms with van der Waals surface area (Å²) in [4.78, 5) is 39.2. The number of alkyl carbamates (subject to hydrolysis) is 1. The van der Waals surface area contributed by atoms with Crippen LogP contribution in [0.2, 0.25) is 0 Å². The predicted octanol–water partition coefficient (Wildman–Crippen LogP) is 2.56. The number of fused-ring (bicyclic) bond motifs is 1. The van der Waals surface area contributed by atoms with E-state index in [1.165, 1.54) is 4.90 Å². The minimum absolute atomic E-state index is 0.200. The number of likely N-dealkylation sites (tertiary alicyclic amines) is 1. The molecule has 152 valence electrons. The molecule has 3 amide bonds. The molecule has 7 nitrogen and oxygen atoms in total. The van der Waals surface area contributed by atoms with Crippen molar-refractivity contribution in [2.24, 2.45) is 11.8 Å². The lowest BCUT2D eigenvalue weighted by atomic mass is 9.81. The second kappa shape index (κ2) is 8.08. The molecule has 3 unspecified atom stereocenters. The zero-order valence-corrected chi connectivity index (χ0v) is 16.8. The van der Waals surface area contributed by atoms with Crippen LogP contribution in [-0.2, 0) is 20.7 Å². The molecule has 3 rings (SSSR count). The summed E-state index contributed by atoms with van der Waals surface area (Å²) in [5.41, 5.74) is 0.862. The van der Waals surface area contributed by atoms with Gasteiger partial charge in [0.2, 0.25) is 11.8 Å². The third-order valence-electron chi connectivity index (χ3n) is 5.08. The van der Waals surface area contributed by atoms with E-state index in [-0.39, 0.29) is 18.4 Å². The number of amides is 3. The number of benzene rings is 1. The molecule has 1 N–H and O–H groups in total. The predicted molar refractivity (Wildman–Crippen MR) is 105 cm³/mol. The number of carbonyl (C=O) groups is 3. The molecule has 1 heterocycles. The van der Waals surface area contributed by atoms with E-state index in [9.17, 15) is 14.4 Å². The van der Waals surface area contributed by atoms with Crippen LogP contribution >= 0.6 is 0 Å². The van der Waals surface area contributed by atoms with E-state index in [0.717, 1.165) is 5.56 Å². The Morgan fingerprint density at radius 3 is 2.55 bits per heavy atom. The number of nitrogens with zero attached hydrogens (tertiary/aromatic N) is 2. The highest BCUT2D eigenvalue weighted by molar-refractivity contribution is 6.06. The van der Waals surface area contributed by atoms with Crippen LogP contribution in [0.1, 0.15) is 38.3 Å². The van der Waals surface area contributed by atoms with Crippen molar-refractivity contribution in [2.45, 2.75) is 45.3 Å². The molecule has 1 aromatic rings. The van der Waals surface area contributed by atoms with Crippen molar-refractivity contribution in [2.75, 3.05) is 6.54 Å². The molecule has 3 atom stereocenters. The minimum atomic E-state index is -0.648. The van der Waals surface area contributed by atoms with Crippen molar-refractivity contribution in [3.63, 3.8) is 0 Å². The van der Waals surface area contributed by atoms with Crippen LogP contribution in [0.4, 0.5) is 4.79 Å². The molecule has 0 saturated carbocycles. The van der Waals surface area contributed by atoms with E-state index in [4.69, 9.17) is 10.00 Å². The van der Waals surface area contributed by atoms with Gasteiger partial charge in [-0.2, -0.15) is 5.26 Å². The first-order valence-corrected chi connectivity index (χ1v) is 9.70. The second-order valence-corrected chi connectivity index (χ2v) is 8.35. The van der Waals surface area contributed by atoms with Crippen LogP contribution in [-0.4, -0.2) is 41.0 Å². The lowest BCUT2D eigenvalue weighted by Crippen LogP contribution is -2.47. The molecular weight excluding hydrogens is 370 g/mol. The topological polar surface area (TPSA) is 99.5 Å². The largest absolute Gasteiger partial charge is 0.444 e. The fraction of sp³-hybridized carbons (Fsp3) is 0.455. The zero-order chi connectivity index (χ0) is 21.2. The maximum atomic E-state index is 13.0. The van der Waals surface area contributed by atoms with Crippen LogP contribution < -0.4 is 5.32 Å². The Balaban J connectivity index is 1.67. The number of carbonyl (C=O) groups excluding carboxylic acids is 3. The van der Waals surface area contributed by atoms with Gasteiger partial charge in [0.05, 0.1) is 29.5 Å². The second-order valence-electron chi connectivity index (χ2n) is 8.35. The SMILES string of the molecule is CC(C)(C)OC(=O)NC1C=CCC2C(=O)N(CCc3ccc(C#N)cc3)C(=O)C12. The summed E-state index contributed by atoms with van der Waals surface area (Å²) in [7, 11) is 0. The Hall–Kier alpha value is -3.14. The van der Waals surface area contributed by atoms with Crippen LogP contribution in [0.15, 0.2) is 36.4 Å². The number of nitriles is 1. The van der Waals surface area contributed by atoms with Gasteiger partial charge in [-0.15, -0.1) is 0 Å². The van der Waals surface area contributed by atoms with E-state index < -0.39 is 29.6 Å². The lowest BCUT2D eigenvalue weighted by Gasteiger charge is -2.28. The van der Waals surface area contributed by atoms with Gasteiger partial charge in [0.1, 0.15) is 5.60 Å². The first kappa shape index (κ1) is 20.6. The van der Waals surface area contributed by atoms with E-state index in [1.54, 1.807) is 39.0 Å². The number of imide groups is 1. The highest BCUT2D eigenvalue weighted by Crippen LogP contribution is 2.35. The Kier molecular flexibility index (Phi) is 5.73. The average molecular weight is 395 g/mol. The van der Waals surface area contributed by atoms with Gasteiger partial charge in [-0.3, -0.25) is 14.5 Å². The van der Waals surface area contributed by atoms with Crippen molar-refractivity contribution < 1.29 is 19.1 Å². The first-order valence-electron chi connectivity index (χ1n) is 9.70. The zero-order valence-electron chi connectivity index (χ0n) is 16.8. The standard InChI is InChI=1S/C22H25N3O4/c1-22(2,3)29-21(28)24-17-6-4-5-16-18(17)20(27)25(19(16)26)12-11-14-7-9-15(13-23)10-8-14/h4,6-10,16-18H,5,11-12H2,1-3H3,(H,24,28). The fourth-order valence-corrected chi connectivity index (χ4v) is 3.75. The highest BCUT2D eigenvalue weighted by Gasteiger charge is 2.51. The first-order chi connectivity index (χ1) is 13.7. The maximum absolute atomic E-state index is 13.0. The van der Waals surface area contributed by atoms with Gasteiger partial charge in [0.15, 0.2) is 0 Å². The smallest absolute Gasteiger partial charge is 0.408 e. The van der Waals surface area contributed by atoms with Gasteiger partial charge in [0.25, 0.3) is 0 Å². The minimum Gasteiger partial charge on any atom is -0.444 e. The molecule has 1 aromatic carbocycles. The number of nitrogens with one attached hydrogen (secondary N) is 1. The molecule has 0 spiro atoms. The summed E-state index contributed by atoms with van der Waals surface area (Å²) in [6.45, 7) is 5.57. The highest BCUT2D eigenvalue weighted by atomic mass is 16.6. The van der Waals surface area contributed by atoms with E-state index in [2.05, 4.69) is 11.4 Å². The lowest BCUT2D eigenvalue weighted by molar-refractivity contribution is -0.139. The van der Waals surface area contributed by atoms with Crippen LogP contribution in [0.3, 0.4) is 0 Å². The van der Waals surface area contributed by atoms with Gasteiger partial charge in [-0.1, -0.05) is 24.3 Å². The number of ether oxygens (including phenoxy) is 1. The van der Waals surface area contributed by atoms with E-state index >= 15 is 0 Å². The molecule has 7 heteroatoms. The number of rotatable bonds is 4. The summed E-state index contributed by atoms with van der Waals surface area (Å²) in [6.07, 6.45) is 3.98. The van der Waals surface area contributed by atoms with Crippen molar-refractivity contribution in [1.29, 1.82) is 5.26 Å². The van der Waals surface area contributed by atoms with Gasteiger partial charge < -0.3 is 10.1 Å². The van der Waals surface area contributed by atoms with Crippen molar-refractivity contribution in [3.05, 3.63) is 47.5 Å². The third-order valence-corrected chi connectivity index (χ3v) is 5.08. The Morgan fingerprint density at radius 2 is 1.93 bits per heavy atom. The van der Waals surface area contributed by atoms with E-state index in [1.807, 2.05) is 18.2 Å². The van der Waals surface area contributed by atoms with Crippen molar-refractivity contribution >= 4 is 17.9 Å². The molecular formula is C22H25N3O4. The van der Waals surface area contributed by atoms with Crippen LogP contribution in [0.25, 0.3) is 0 Å². The Labute approximate surface area is 170 Å². The summed E-state index contributed by atoms with van der Waals surface area (Å²) in [5.74, 6) is -1.54. The van der Waals surface area contributed by atoms with E-state index in [0.29, 0.717) is 18.4 Å². The summed E-state index contributed by atoms with van der Waals surface area (Å²) >= 11 is 0. The Bertz CT molecular complexity index is 877. The quantitative estimate of drug-likeness (QED) is 0.624. The monoisotopic (exact) mass is 395 g/mol. The molecule has 0 radical (unpaired) electrons. The van der Waals surface area contributed by atoms with Gasteiger partial charge in [0, 0.05) is 6.54 Å². The molecule has 0 aromatic heterocycles.